The zero-order chi connectivity index (χ0) is 15.0. The number of aliphatic hydroxyl groups excluding tert-OH is 1. The Kier molecular flexibility index (Phi) is 3.83. The number of Topliss-reactive ketones (excluding diaryl/α,β-unsaturated/α-hetero) is 2. The van der Waals surface area contributed by atoms with Crippen LogP contribution in [-0.4, -0.2) is 30.8 Å². The smallest absolute Gasteiger partial charge is 0.306 e. The van der Waals surface area contributed by atoms with Crippen molar-refractivity contribution < 1.29 is 19.3 Å². The second kappa shape index (κ2) is 5.26. The summed E-state index contributed by atoms with van der Waals surface area (Å²) in [6, 6.07) is 3.46. The first-order chi connectivity index (χ1) is 9.34. The van der Waals surface area contributed by atoms with Crippen molar-refractivity contribution in [3.8, 4) is 0 Å². The standard InChI is InChI=1S/C13H10Cl2N2O3/c1-16(2)7-3-5-17(6-4-7)10-11(18)8(14)9(15)12(19)13(10)20/h3-6H,1-2H3/p+1. The molecule has 0 radical (unpaired) electrons. The number of aromatic nitrogens is 1. The van der Waals surface area contributed by atoms with Gasteiger partial charge in [-0.25, -0.2) is 0 Å². The van der Waals surface area contributed by atoms with Crippen LogP contribution in [-0.2, 0) is 9.59 Å². The van der Waals surface area contributed by atoms with Gasteiger partial charge in [-0.15, -0.1) is 0 Å². The Morgan fingerprint density at radius 3 is 2.10 bits per heavy atom. The quantitative estimate of drug-likeness (QED) is 0.512. The van der Waals surface area contributed by atoms with Crippen molar-refractivity contribution in [1.29, 1.82) is 0 Å². The fraction of sp³-hybridized carbons (Fsp3) is 0.154. The minimum Gasteiger partial charge on any atom is -0.501 e. The third-order valence-corrected chi connectivity index (χ3v) is 3.66. The number of carbonyl (C=O) groups is 2. The molecule has 0 aliphatic heterocycles. The van der Waals surface area contributed by atoms with Gasteiger partial charge >= 0.3 is 11.5 Å². The normalized spacial score (nSPS) is 16.0. The van der Waals surface area contributed by atoms with Gasteiger partial charge in [0.05, 0.1) is 0 Å². The van der Waals surface area contributed by atoms with Crippen LogP contribution in [0.2, 0.25) is 0 Å². The maximum absolute atomic E-state index is 11.9. The lowest BCUT2D eigenvalue weighted by molar-refractivity contribution is -0.578. The molecule has 0 aromatic carbocycles. The molecular formula is C13H11Cl2N2O3+. The van der Waals surface area contributed by atoms with Gasteiger partial charge < -0.3 is 10.0 Å². The lowest BCUT2D eigenvalue weighted by atomic mass is 10.1. The summed E-state index contributed by atoms with van der Waals surface area (Å²) in [5.41, 5.74) is 0.685. The number of anilines is 1. The van der Waals surface area contributed by atoms with Crippen molar-refractivity contribution in [3.63, 3.8) is 0 Å². The predicted octanol–water partition coefficient (Wildman–Crippen LogP) is 1.61. The summed E-state index contributed by atoms with van der Waals surface area (Å²) in [5, 5.41) is 9.14. The van der Waals surface area contributed by atoms with Gasteiger partial charge in [0.1, 0.15) is 10.1 Å². The Balaban J connectivity index is 2.56. The number of aliphatic hydroxyl groups is 1. The van der Waals surface area contributed by atoms with Gasteiger partial charge in [-0.05, 0) is 0 Å². The average molecular weight is 314 g/mol. The number of hydrogen-bond acceptors (Lipinski definition) is 4. The molecule has 0 saturated carbocycles. The SMILES string of the molecule is CN(C)c1cc[n+](C2=C(O)C(Cl)=C(Cl)C(=O)C2=O)cc1. The zero-order valence-electron chi connectivity index (χ0n) is 10.7. The van der Waals surface area contributed by atoms with Crippen LogP contribution in [0.1, 0.15) is 0 Å². The highest BCUT2D eigenvalue weighted by Crippen LogP contribution is 2.29. The van der Waals surface area contributed by atoms with Crippen LogP contribution in [0, 0.1) is 0 Å². The van der Waals surface area contributed by atoms with Crippen LogP contribution in [0.4, 0.5) is 5.69 Å². The monoisotopic (exact) mass is 313 g/mol. The van der Waals surface area contributed by atoms with Gasteiger partial charge in [0.15, 0.2) is 12.4 Å². The van der Waals surface area contributed by atoms with E-state index in [1.807, 2.05) is 19.0 Å². The van der Waals surface area contributed by atoms with Crippen LogP contribution in [0.15, 0.2) is 40.4 Å². The minimum absolute atomic E-state index is 0.213. The van der Waals surface area contributed by atoms with Gasteiger partial charge in [-0.1, -0.05) is 23.2 Å². The second-order valence-corrected chi connectivity index (χ2v) is 5.10. The molecule has 1 aliphatic rings. The Labute approximate surface area is 125 Å². The molecule has 7 heteroatoms. The predicted molar refractivity (Wildman–Crippen MR) is 75.6 cm³/mol. The van der Waals surface area contributed by atoms with Gasteiger partial charge in [-0.3, -0.25) is 9.59 Å². The third kappa shape index (κ3) is 2.30. The number of carbonyl (C=O) groups excluding carboxylic acids is 2. The number of halogens is 2. The van der Waals surface area contributed by atoms with E-state index in [2.05, 4.69) is 0 Å². The van der Waals surface area contributed by atoms with Crippen molar-refractivity contribution in [2.24, 2.45) is 0 Å². The molecule has 5 nitrogen and oxygen atoms in total. The van der Waals surface area contributed by atoms with E-state index < -0.39 is 22.4 Å². The molecule has 1 aromatic heterocycles. The van der Waals surface area contributed by atoms with Crippen molar-refractivity contribution in [2.45, 2.75) is 0 Å². The Hall–Kier alpha value is -1.85. The highest BCUT2D eigenvalue weighted by Gasteiger charge is 2.40. The van der Waals surface area contributed by atoms with Crippen LogP contribution >= 0.6 is 23.2 Å². The molecule has 0 amide bonds. The Morgan fingerprint density at radius 2 is 1.60 bits per heavy atom. The molecule has 104 valence electrons. The van der Waals surface area contributed by atoms with E-state index in [4.69, 9.17) is 23.2 Å². The molecule has 1 N–H and O–H groups in total. The van der Waals surface area contributed by atoms with E-state index in [-0.39, 0.29) is 10.7 Å². The molecule has 1 heterocycles. The number of rotatable bonds is 2. The van der Waals surface area contributed by atoms with E-state index in [1.165, 1.54) is 4.57 Å². The largest absolute Gasteiger partial charge is 0.501 e. The first kappa shape index (κ1) is 14.6. The molecule has 2 rings (SSSR count). The molecule has 0 unspecified atom stereocenters. The van der Waals surface area contributed by atoms with E-state index in [0.717, 1.165) is 5.69 Å². The fourth-order valence-electron chi connectivity index (χ4n) is 1.73. The lowest BCUT2D eigenvalue weighted by Gasteiger charge is -2.12. The Bertz CT molecular complexity index is 661. The molecule has 0 atom stereocenters. The van der Waals surface area contributed by atoms with Crippen molar-refractivity contribution in [1.82, 2.24) is 0 Å². The minimum atomic E-state index is -0.936. The van der Waals surface area contributed by atoms with E-state index in [0.29, 0.717) is 0 Å². The fourth-order valence-corrected chi connectivity index (χ4v) is 2.08. The second-order valence-electron chi connectivity index (χ2n) is 4.34. The summed E-state index contributed by atoms with van der Waals surface area (Å²) in [6.07, 6.45) is 3.10. The van der Waals surface area contributed by atoms with E-state index >= 15 is 0 Å². The maximum atomic E-state index is 11.9. The molecule has 1 aromatic rings. The molecule has 0 saturated heterocycles. The molecule has 20 heavy (non-hydrogen) atoms. The van der Waals surface area contributed by atoms with Gasteiger partial charge in [0, 0.05) is 31.9 Å². The highest BCUT2D eigenvalue weighted by atomic mass is 35.5. The first-order valence-corrected chi connectivity index (χ1v) is 6.37. The summed E-state index contributed by atoms with van der Waals surface area (Å²) in [4.78, 5) is 25.5. The van der Waals surface area contributed by atoms with Crippen LogP contribution in [0.5, 0.6) is 0 Å². The van der Waals surface area contributed by atoms with E-state index in [1.54, 1.807) is 24.5 Å². The average Bonchev–Trinajstić information content (AvgIpc) is 2.44. The van der Waals surface area contributed by atoms with Crippen LogP contribution in [0.3, 0.4) is 0 Å². The summed E-state index contributed by atoms with van der Waals surface area (Å²) >= 11 is 11.3. The molecule has 0 bridgehead atoms. The zero-order valence-corrected chi connectivity index (χ0v) is 12.2. The summed E-state index contributed by atoms with van der Waals surface area (Å²) in [5.74, 6) is -2.35. The summed E-state index contributed by atoms with van der Waals surface area (Å²) in [6.45, 7) is 0. The van der Waals surface area contributed by atoms with Crippen LogP contribution < -0.4 is 9.47 Å². The van der Waals surface area contributed by atoms with E-state index in [9.17, 15) is 14.7 Å². The topological polar surface area (TPSA) is 61.5 Å². The highest BCUT2D eigenvalue weighted by molar-refractivity contribution is 6.68. The van der Waals surface area contributed by atoms with Gasteiger partial charge in [-0.2, -0.15) is 4.57 Å². The van der Waals surface area contributed by atoms with Crippen molar-refractivity contribution >= 4 is 46.2 Å². The number of ketones is 2. The van der Waals surface area contributed by atoms with Crippen molar-refractivity contribution in [3.05, 3.63) is 40.4 Å². The number of allylic oxidation sites excluding steroid dienone is 3. The molecule has 0 spiro atoms. The molecule has 0 fully saturated rings. The number of pyridine rings is 1. The van der Waals surface area contributed by atoms with Gasteiger partial charge in [0.2, 0.25) is 5.76 Å². The van der Waals surface area contributed by atoms with Gasteiger partial charge in [0.25, 0.3) is 5.78 Å². The summed E-state index contributed by atoms with van der Waals surface area (Å²) < 4.78 is 1.33. The maximum Gasteiger partial charge on any atom is 0.306 e. The first-order valence-electron chi connectivity index (χ1n) is 5.61. The van der Waals surface area contributed by atoms with Crippen molar-refractivity contribution in [2.75, 3.05) is 19.0 Å². The number of hydrogen-bond donors (Lipinski definition) is 1. The summed E-state index contributed by atoms with van der Waals surface area (Å²) in [7, 11) is 3.73. The third-order valence-electron chi connectivity index (χ3n) is 2.83. The van der Waals surface area contributed by atoms with Crippen LogP contribution in [0.25, 0.3) is 5.70 Å². The molecular weight excluding hydrogens is 303 g/mol. The molecule has 1 aliphatic carbocycles. The number of nitrogens with zero attached hydrogens (tertiary/aromatic N) is 2. The lowest BCUT2D eigenvalue weighted by Crippen LogP contribution is -2.41. The Morgan fingerprint density at radius 1 is 1.05 bits per heavy atom.